The number of thiophene rings is 1. The van der Waals surface area contributed by atoms with Crippen molar-refractivity contribution in [3.8, 4) is 11.4 Å². The second-order valence-electron chi connectivity index (χ2n) is 21.7. The molecule has 0 saturated carbocycles. The molecule has 17 rings (SSSR count). The average Bonchev–Trinajstić information content (AvgIpc) is 4.04. The van der Waals surface area contributed by atoms with E-state index in [0.29, 0.717) is 0 Å². The van der Waals surface area contributed by atoms with Crippen LogP contribution in [0.5, 0.6) is 0 Å². The molecule has 0 bridgehead atoms. The fraction of sp³-hybridized carbons (Fsp3) is 0. The second kappa shape index (κ2) is 17.6. The molecule has 3 aromatic heterocycles. The zero-order chi connectivity index (χ0) is 51.7. The van der Waals surface area contributed by atoms with Gasteiger partial charge in [0, 0.05) is 42.0 Å². The van der Waals surface area contributed by atoms with E-state index in [2.05, 4.69) is 288 Å². The van der Waals surface area contributed by atoms with Crippen molar-refractivity contribution in [1.29, 1.82) is 0 Å². The molecule has 0 N–H and O–H groups in total. The van der Waals surface area contributed by atoms with Crippen LogP contribution in [0, 0.1) is 0 Å². The average molecular weight is 1010 g/mol. The normalized spacial score (nSPS) is 13.0. The highest BCUT2D eigenvalue weighted by atomic mass is 32.1. The Hall–Kier alpha value is -9.28. The monoisotopic (exact) mass is 1010 g/mol. The minimum atomic E-state index is -0.0678. The first-order valence-electron chi connectivity index (χ1n) is 27.7. The molecule has 7 heteroatoms. The Bertz CT molecular complexity index is 4760. The molecule has 362 valence electrons. The van der Waals surface area contributed by atoms with Crippen molar-refractivity contribution >= 4 is 168 Å². The first-order valence-corrected chi connectivity index (χ1v) is 28.5. The number of aromatic nitrogens is 2. The van der Waals surface area contributed by atoms with Gasteiger partial charge in [-0.1, -0.05) is 302 Å². The minimum absolute atomic E-state index is 0.00293. The van der Waals surface area contributed by atoms with Gasteiger partial charge in [0.1, 0.15) is 0 Å². The van der Waals surface area contributed by atoms with E-state index < -0.39 is 0 Å². The molecule has 0 radical (unpaired) electrons. The number of rotatable bonds is 6. The van der Waals surface area contributed by atoms with E-state index in [1.165, 1.54) is 135 Å². The van der Waals surface area contributed by atoms with Gasteiger partial charge in [-0.3, -0.25) is 0 Å². The quantitative estimate of drug-likeness (QED) is 0.148. The molecule has 0 unspecified atom stereocenters. The molecule has 12 aromatic carbocycles. The van der Waals surface area contributed by atoms with Gasteiger partial charge in [0.05, 0.1) is 27.8 Å². The summed E-state index contributed by atoms with van der Waals surface area (Å²) in [5.74, 6) is 0. The number of nitrogens with zero attached hydrogens (tertiary/aromatic N) is 2. The van der Waals surface area contributed by atoms with Crippen molar-refractivity contribution in [2.45, 2.75) is 0 Å². The molecular formula is C72H46B4N2S. The van der Waals surface area contributed by atoms with E-state index in [1.54, 1.807) is 0 Å². The van der Waals surface area contributed by atoms with E-state index in [-0.39, 0.29) is 26.9 Å². The highest BCUT2D eigenvalue weighted by molar-refractivity contribution is 7.27. The highest BCUT2D eigenvalue weighted by Gasteiger charge is 2.42. The Balaban J connectivity index is 1.03. The summed E-state index contributed by atoms with van der Waals surface area (Å²) < 4.78 is 7.65. The molecule has 5 heterocycles. The molecule has 0 atom stereocenters. The van der Waals surface area contributed by atoms with Gasteiger partial charge in [-0.2, -0.15) is 0 Å². The summed E-state index contributed by atoms with van der Waals surface area (Å²) in [7, 11) is 0. The van der Waals surface area contributed by atoms with E-state index in [4.69, 9.17) is 0 Å². The van der Waals surface area contributed by atoms with Crippen molar-refractivity contribution in [3.05, 3.63) is 279 Å². The summed E-state index contributed by atoms with van der Waals surface area (Å²) in [5, 5.41) is 7.62. The maximum absolute atomic E-state index is 2.66. The van der Waals surface area contributed by atoms with Crippen LogP contribution in [0.2, 0.25) is 0 Å². The molecule has 79 heavy (non-hydrogen) atoms. The summed E-state index contributed by atoms with van der Waals surface area (Å²) in [6.07, 6.45) is 0. The largest absolute Gasteiger partial charge is 0.309 e. The van der Waals surface area contributed by atoms with Gasteiger partial charge >= 0.3 is 0 Å². The third-order valence-corrected chi connectivity index (χ3v) is 18.8. The van der Waals surface area contributed by atoms with E-state index in [0.717, 1.165) is 5.69 Å². The SMILES string of the molecule is c1ccc(B2c3ccccc3B(c3cc(B4c5ccccc5B(c5ccccc5)c5ccccc54)c4c(c3)sc3cc(-n5c6ccccc6c6ccccc65)cc(-n5c6ccccc6c6ccccc65)c34)c3ccccc32)cc1. The van der Waals surface area contributed by atoms with Gasteiger partial charge in [-0.15, -0.1) is 11.3 Å². The molecule has 0 spiro atoms. The van der Waals surface area contributed by atoms with E-state index in [9.17, 15) is 0 Å². The van der Waals surface area contributed by atoms with Crippen LogP contribution < -0.4 is 65.6 Å². The molecule has 2 nitrogen and oxygen atoms in total. The molecule has 0 amide bonds. The van der Waals surface area contributed by atoms with Crippen molar-refractivity contribution in [3.63, 3.8) is 0 Å². The van der Waals surface area contributed by atoms with Crippen LogP contribution in [0.25, 0.3) is 75.2 Å². The van der Waals surface area contributed by atoms with Crippen molar-refractivity contribution in [1.82, 2.24) is 9.13 Å². The first kappa shape index (κ1) is 44.8. The van der Waals surface area contributed by atoms with Crippen LogP contribution in [-0.4, -0.2) is 36.0 Å². The molecule has 2 aliphatic rings. The fourth-order valence-electron chi connectivity index (χ4n) is 14.6. The van der Waals surface area contributed by atoms with Crippen LogP contribution in [-0.2, 0) is 0 Å². The number of hydrogen-bond donors (Lipinski definition) is 0. The Morgan fingerprint density at radius 1 is 0.241 bits per heavy atom. The molecule has 15 aromatic rings. The van der Waals surface area contributed by atoms with Gasteiger partial charge in [-0.25, -0.2) is 0 Å². The standard InChI is InChI=1S/C72H46B4N2S/c1-3-23-47(24-4-1)73-55-31-11-13-33-57(55)75(58-34-14-12-32-56(58)73)49-43-63(76-61-37-17-15-35-59(61)74(48-25-5-2-6-26-48)60-36-16-18-38-62(60)76)71-69(44-49)79-70-46-50(77-64-39-19-7-27-51(64)52-28-8-20-40-65(52)77)45-68(72(70)71)78-66-41-21-9-29-53(66)54-30-10-22-42-67(54)78/h1-46H. The number of benzene rings is 12. The molecule has 0 saturated heterocycles. The van der Waals surface area contributed by atoms with Crippen LogP contribution >= 0.6 is 11.3 Å². The lowest BCUT2D eigenvalue weighted by atomic mass is 9.19. The Morgan fingerprint density at radius 3 is 0.987 bits per heavy atom. The summed E-state index contributed by atoms with van der Waals surface area (Å²) in [6, 6.07) is 106. The maximum Gasteiger partial charge on any atom is 0.240 e. The first-order chi connectivity index (χ1) is 39.2. The summed E-state index contributed by atoms with van der Waals surface area (Å²) in [5.41, 5.74) is 23.4. The van der Waals surface area contributed by atoms with Crippen LogP contribution in [0.3, 0.4) is 0 Å². The molecule has 2 aliphatic heterocycles. The van der Waals surface area contributed by atoms with Gasteiger partial charge in [0.25, 0.3) is 0 Å². The third kappa shape index (κ3) is 6.64. The predicted octanol–water partition coefficient (Wildman–Crippen LogP) is 8.94. The van der Waals surface area contributed by atoms with Crippen molar-refractivity contribution in [2.75, 3.05) is 0 Å². The van der Waals surface area contributed by atoms with Crippen molar-refractivity contribution < 1.29 is 0 Å². The summed E-state index contributed by atoms with van der Waals surface area (Å²) >= 11 is 1.96. The van der Waals surface area contributed by atoms with Gasteiger partial charge < -0.3 is 9.13 Å². The fourth-order valence-corrected chi connectivity index (χ4v) is 15.9. The van der Waals surface area contributed by atoms with Crippen LogP contribution in [0.1, 0.15) is 0 Å². The summed E-state index contributed by atoms with van der Waals surface area (Å²) in [4.78, 5) is 0. The second-order valence-corrected chi connectivity index (χ2v) is 22.8. The topological polar surface area (TPSA) is 9.86 Å². The molecule has 0 fully saturated rings. The summed E-state index contributed by atoms with van der Waals surface area (Å²) in [6.45, 7) is 0.146. The Morgan fingerprint density at radius 2 is 0.570 bits per heavy atom. The lowest BCUT2D eigenvalue weighted by Crippen LogP contribution is -2.76. The van der Waals surface area contributed by atoms with Crippen molar-refractivity contribution in [2.24, 2.45) is 0 Å². The third-order valence-electron chi connectivity index (χ3n) is 17.7. The number of fused-ring (bicyclic) bond motifs is 13. The highest BCUT2D eigenvalue weighted by Crippen LogP contribution is 2.43. The van der Waals surface area contributed by atoms with Gasteiger partial charge in [0.2, 0.25) is 26.9 Å². The lowest BCUT2D eigenvalue weighted by molar-refractivity contribution is 1.15. The van der Waals surface area contributed by atoms with Crippen LogP contribution in [0.15, 0.2) is 279 Å². The molecule has 0 aliphatic carbocycles. The molecular weight excluding hydrogens is 968 g/mol. The van der Waals surface area contributed by atoms with Gasteiger partial charge in [0.15, 0.2) is 0 Å². The number of para-hydroxylation sites is 4. The van der Waals surface area contributed by atoms with E-state index >= 15 is 0 Å². The Kier molecular flexibility index (Phi) is 10.00. The smallest absolute Gasteiger partial charge is 0.240 e. The zero-order valence-electron chi connectivity index (χ0n) is 43.2. The van der Waals surface area contributed by atoms with E-state index in [1.807, 2.05) is 11.3 Å². The van der Waals surface area contributed by atoms with Gasteiger partial charge in [-0.05, 0) is 47.9 Å². The zero-order valence-corrected chi connectivity index (χ0v) is 44.0. The maximum atomic E-state index is 2.66. The Labute approximate surface area is 464 Å². The minimum Gasteiger partial charge on any atom is -0.309 e. The predicted molar refractivity (Wildman–Crippen MR) is 345 cm³/mol. The number of hydrogen-bond acceptors (Lipinski definition) is 1. The lowest BCUT2D eigenvalue weighted by Gasteiger charge is -2.34. The van der Waals surface area contributed by atoms with Crippen LogP contribution in [0.4, 0.5) is 0 Å².